The maximum absolute atomic E-state index is 12.0. The lowest BCUT2D eigenvalue weighted by Crippen LogP contribution is -2.06. The van der Waals surface area contributed by atoms with Crippen LogP contribution in [0.2, 0.25) is 0 Å². The van der Waals surface area contributed by atoms with Crippen molar-refractivity contribution in [1.29, 1.82) is 0 Å². The molecule has 3 rings (SSSR count). The van der Waals surface area contributed by atoms with E-state index in [9.17, 15) is 4.79 Å². The van der Waals surface area contributed by atoms with Crippen LogP contribution in [-0.4, -0.2) is 19.0 Å². The van der Waals surface area contributed by atoms with E-state index < -0.39 is 5.97 Å². The Bertz CT molecular complexity index is 796. The summed E-state index contributed by atoms with van der Waals surface area (Å²) in [5.41, 5.74) is 1.85. The fourth-order valence-electron chi connectivity index (χ4n) is 2.09. The van der Waals surface area contributed by atoms with E-state index in [2.05, 4.69) is 27.6 Å². The van der Waals surface area contributed by atoms with Gasteiger partial charge in [0.15, 0.2) is 5.70 Å². The Balaban J connectivity index is 2.00. The number of hydrogen-bond donors (Lipinski definition) is 0. The SMILES string of the molecule is COc1ccccc1/C=C1\N=C(c2ccccc2I)OC1=O. The summed E-state index contributed by atoms with van der Waals surface area (Å²) < 4.78 is 11.5. The zero-order valence-electron chi connectivity index (χ0n) is 11.7. The molecule has 0 N–H and O–H groups in total. The van der Waals surface area contributed by atoms with E-state index in [-0.39, 0.29) is 5.70 Å². The Kier molecular flexibility index (Phi) is 4.24. The van der Waals surface area contributed by atoms with Gasteiger partial charge in [-0.3, -0.25) is 0 Å². The summed E-state index contributed by atoms with van der Waals surface area (Å²) in [6, 6.07) is 15.1. The second-order valence-corrected chi connectivity index (χ2v) is 5.72. The summed E-state index contributed by atoms with van der Waals surface area (Å²) in [5, 5.41) is 0. The second kappa shape index (κ2) is 6.31. The van der Waals surface area contributed by atoms with Crippen LogP contribution in [0.1, 0.15) is 11.1 Å². The third kappa shape index (κ3) is 2.89. The summed E-state index contributed by atoms with van der Waals surface area (Å²) in [6.45, 7) is 0. The number of aliphatic imine (C=N–C) groups is 1. The highest BCUT2D eigenvalue weighted by molar-refractivity contribution is 14.1. The summed E-state index contributed by atoms with van der Waals surface area (Å²) >= 11 is 2.19. The van der Waals surface area contributed by atoms with Crippen LogP contribution in [0.3, 0.4) is 0 Å². The minimum Gasteiger partial charge on any atom is -0.496 e. The molecule has 0 aromatic heterocycles. The molecule has 0 radical (unpaired) electrons. The molecule has 0 atom stereocenters. The molecule has 0 saturated carbocycles. The number of benzene rings is 2. The van der Waals surface area contributed by atoms with Gasteiger partial charge < -0.3 is 9.47 Å². The first-order valence-electron chi connectivity index (χ1n) is 6.59. The molecule has 1 heterocycles. The number of carbonyl (C=O) groups excluding carboxylic acids is 1. The predicted molar refractivity (Wildman–Crippen MR) is 92.8 cm³/mol. The summed E-state index contributed by atoms with van der Waals surface area (Å²) in [7, 11) is 1.59. The number of carbonyl (C=O) groups is 1. The van der Waals surface area contributed by atoms with Crippen molar-refractivity contribution < 1.29 is 14.3 Å². The molecule has 0 amide bonds. The maximum atomic E-state index is 12.0. The number of hydrogen-bond acceptors (Lipinski definition) is 4. The Morgan fingerprint density at radius 1 is 1.14 bits per heavy atom. The molecule has 5 heteroatoms. The van der Waals surface area contributed by atoms with Crippen molar-refractivity contribution in [3.05, 3.63) is 68.9 Å². The molecule has 110 valence electrons. The quantitative estimate of drug-likeness (QED) is 0.445. The highest BCUT2D eigenvalue weighted by Gasteiger charge is 2.25. The molecule has 0 unspecified atom stereocenters. The van der Waals surface area contributed by atoms with E-state index in [1.54, 1.807) is 13.2 Å². The summed E-state index contributed by atoms with van der Waals surface area (Å²) in [5.74, 6) is 0.553. The number of cyclic esters (lactones) is 1. The number of para-hydroxylation sites is 1. The highest BCUT2D eigenvalue weighted by Crippen LogP contribution is 2.25. The first kappa shape index (κ1) is 14.8. The summed E-state index contributed by atoms with van der Waals surface area (Å²) in [4.78, 5) is 16.3. The van der Waals surface area contributed by atoms with Gasteiger partial charge >= 0.3 is 5.97 Å². The number of methoxy groups -OCH3 is 1. The van der Waals surface area contributed by atoms with Gasteiger partial charge in [-0.2, -0.15) is 0 Å². The molecule has 1 aliphatic rings. The van der Waals surface area contributed by atoms with E-state index in [0.29, 0.717) is 11.6 Å². The molecule has 2 aromatic carbocycles. The first-order chi connectivity index (χ1) is 10.7. The molecule has 0 fully saturated rings. The lowest BCUT2D eigenvalue weighted by Gasteiger charge is -2.03. The lowest BCUT2D eigenvalue weighted by atomic mass is 10.1. The van der Waals surface area contributed by atoms with Crippen molar-refractivity contribution in [2.75, 3.05) is 7.11 Å². The third-order valence-corrected chi connectivity index (χ3v) is 4.10. The van der Waals surface area contributed by atoms with Gasteiger partial charge in [-0.1, -0.05) is 30.3 Å². The number of halogens is 1. The van der Waals surface area contributed by atoms with Crippen molar-refractivity contribution in [3.8, 4) is 5.75 Å². The van der Waals surface area contributed by atoms with Crippen LogP contribution in [0.4, 0.5) is 0 Å². The number of nitrogens with zero attached hydrogens (tertiary/aromatic N) is 1. The van der Waals surface area contributed by atoms with Gasteiger partial charge in [-0.05, 0) is 46.9 Å². The largest absolute Gasteiger partial charge is 0.496 e. The van der Waals surface area contributed by atoms with Gasteiger partial charge in [0, 0.05) is 9.13 Å². The predicted octanol–water partition coefficient (Wildman–Crippen LogP) is 3.64. The highest BCUT2D eigenvalue weighted by atomic mass is 127. The van der Waals surface area contributed by atoms with Crippen molar-refractivity contribution in [3.63, 3.8) is 0 Å². The fourth-order valence-corrected chi connectivity index (χ4v) is 2.71. The van der Waals surface area contributed by atoms with Crippen LogP contribution in [0.5, 0.6) is 5.75 Å². The topological polar surface area (TPSA) is 47.9 Å². The molecule has 0 saturated heterocycles. The molecule has 0 bridgehead atoms. The van der Waals surface area contributed by atoms with Crippen LogP contribution >= 0.6 is 22.6 Å². The Morgan fingerprint density at radius 3 is 2.64 bits per heavy atom. The average molecular weight is 405 g/mol. The van der Waals surface area contributed by atoms with Crippen molar-refractivity contribution in [1.82, 2.24) is 0 Å². The van der Waals surface area contributed by atoms with Gasteiger partial charge in [-0.15, -0.1) is 0 Å². The zero-order valence-corrected chi connectivity index (χ0v) is 13.9. The van der Waals surface area contributed by atoms with Crippen LogP contribution in [-0.2, 0) is 9.53 Å². The maximum Gasteiger partial charge on any atom is 0.363 e. The number of ether oxygens (including phenoxy) is 2. The van der Waals surface area contributed by atoms with E-state index in [0.717, 1.165) is 14.7 Å². The minimum atomic E-state index is -0.458. The third-order valence-electron chi connectivity index (χ3n) is 3.16. The molecule has 2 aromatic rings. The minimum absolute atomic E-state index is 0.263. The first-order valence-corrected chi connectivity index (χ1v) is 7.67. The smallest absolute Gasteiger partial charge is 0.363 e. The normalized spacial score (nSPS) is 15.6. The van der Waals surface area contributed by atoms with Gasteiger partial charge in [0.25, 0.3) is 0 Å². The van der Waals surface area contributed by atoms with E-state index >= 15 is 0 Å². The van der Waals surface area contributed by atoms with Crippen LogP contribution in [0, 0.1) is 3.57 Å². The van der Waals surface area contributed by atoms with Crippen LogP contribution in [0.15, 0.2) is 59.2 Å². The van der Waals surface area contributed by atoms with Crippen molar-refractivity contribution in [2.45, 2.75) is 0 Å². The Morgan fingerprint density at radius 2 is 1.86 bits per heavy atom. The van der Waals surface area contributed by atoms with E-state index in [1.165, 1.54) is 0 Å². The lowest BCUT2D eigenvalue weighted by molar-refractivity contribution is -0.129. The molecule has 0 spiro atoms. The Labute approximate surface area is 141 Å². The number of rotatable bonds is 3. The zero-order chi connectivity index (χ0) is 15.5. The van der Waals surface area contributed by atoms with Gasteiger partial charge in [0.05, 0.1) is 12.7 Å². The van der Waals surface area contributed by atoms with Crippen molar-refractivity contribution >= 4 is 40.5 Å². The van der Waals surface area contributed by atoms with Gasteiger partial charge in [-0.25, -0.2) is 9.79 Å². The van der Waals surface area contributed by atoms with Crippen LogP contribution in [0.25, 0.3) is 6.08 Å². The molecule has 4 nitrogen and oxygen atoms in total. The van der Waals surface area contributed by atoms with E-state index in [1.807, 2.05) is 48.5 Å². The Hall–Kier alpha value is -2.15. The molecular weight excluding hydrogens is 393 g/mol. The van der Waals surface area contributed by atoms with Gasteiger partial charge in [0.2, 0.25) is 5.90 Å². The molecule has 22 heavy (non-hydrogen) atoms. The summed E-state index contributed by atoms with van der Waals surface area (Å²) in [6.07, 6.45) is 1.67. The average Bonchev–Trinajstić information content (AvgIpc) is 2.89. The molecule has 0 aliphatic carbocycles. The standard InChI is InChI=1S/C17H12INO3/c1-21-15-9-5-2-6-11(15)10-14-17(20)22-16(19-14)12-7-3-4-8-13(12)18/h2-10H,1H3/b14-10-. The van der Waals surface area contributed by atoms with Gasteiger partial charge in [0.1, 0.15) is 5.75 Å². The molecular formula is C17H12INO3. The fraction of sp³-hybridized carbons (Fsp3) is 0.0588. The monoisotopic (exact) mass is 405 g/mol. The van der Waals surface area contributed by atoms with Crippen molar-refractivity contribution in [2.24, 2.45) is 4.99 Å². The molecule has 1 aliphatic heterocycles. The van der Waals surface area contributed by atoms with E-state index in [4.69, 9.17) is 9.47 Å². The number of esters is 1. The second-order valence-electron chi connectivity index (χ2n) is 4.56. The van der Waals surface area contributed by atoms with Crippen LogP contribution < -0.4 is 4.74 Å².